The maximum atomic E-state index is 12.8. The van der Waals surface area contributed by atoms with Gasteiger partial charge in [-0.2, -0.15) is 0 Å². The second kappa shape index (κ2) is 5.66. The van der Waals surface area contributed by atoms with Gasteiger partial charge in [0.05, 0.1) is 0 Å². The molecule has 2 fully saturated rings. The van der Waals surface area contributed by atoms with E-state index in [1.807, 2.05) is 6.92 Å². The van der Waals surface area contributed by atoms with Crippen molar-refractivity contribution in [3.8, 4) is 12.3 Å². The number of terminal acetylenes is 1. The third kappa shape index (κ3) is 2.20. The number of hydrogen-bond acceptors (Lipinski definition) is 3. The smallest absolute Gasteiger partial charge is 0.277 e. The minimum Gasteiger partial charge on any atom is -0.277 e. The lowest BCUT2D eigenvalue weighted by Crippen LogP contribution is -2.65. The zero-order valence-corrected chi connectivity index (χ0v) is 11.8. The van der Waals surface area contributed by atoms with Gasteiger partial charge in [0.25, 0.3) is 0 Å². The Labute approximate surface area is 119 Å². The van der Waals surface area contributed by atoms with Crippen molar-refractivity contribution in [2.75, 3.05) is 0 Å². The average molecular weight is 276 g/mol. The largest absolute Gasteiger partial charge is 0.331 e. The summed E-state index contributed by atoms with van der Waals surface area (Å²) in [5.74, 6) is 1.62. The molecule has 5 nitrogen and oxygen atoms in total. The molecule has 4 amide bonds. The molecule has 20 heavy (non-hydrogen) atoms. The molecule has 1 aliphatic heterocycles. The van der Waals surface area contributed by atoms with Crippen LogP contribution in [0.25, 0.3) is 0 Å². The summed E-state index contributed by atoms with van der Waals surface area (Å²) in [6.45, 7) is 1.82. The van der Waals surface area contributed by atoms with E-state index in [1.165, 1.54) is 0 Å². The van der Waals surface area contributed by atoms with Crippen LogP contribution in [0.1, 0.15) is 51.9 Å². The molecule has 1 atom stereocenters. The van der Waals surface area contributed by atoms with Gasteiger partial charge in [-0.15, -0.1) is 6.42 Å². The molecule has 0 aromatic heterocycles. The van der Waals surface area contributed by atoms with Crippen molar-refractivity contribution >= 4 is 17.8 Å². The van der Waals surface area contributed by atoms with Gasteiger partial charge in [-0.05, 0) is 19.3 Å². The number of imide groups is 2. The van der Waals surface area contributed by atoms with E-state index in [9.17, 15) is 14.4 Å². The Morgan fingerprint density at radius 3 is 2.35 bits per heavy atom. The standard InChI is InChI=1S/C15H20N2O3/c1-3-11(4-2)17-13(19)15(12(18)16-14(17)20)9-7-5-6-8-10-15/h1,11H,4-10H2,2H3,(H,16,18,20). The van der Waals surface area contributed by atoms with Crippen molar-refractivity contribution in [3.63, 3.8) is 0 Å². The normalized spacial score (nSPS) is 24.0. The number of rotatable bonds is 2. The van der Waals surface area contributed by atoms with Gasteiger partial charge in [0.1, 0.15) is 11.5 Å². The fourth-order valence-corrected chi connectivity index (χ4v) is 3.13. The van der Waals surface area contributed by atoms with Gasteiger partial charge in [-0.25, -0.2) is 9.69 Å². The van der Waals surface area contributed by atoms with Crippen LogP contribution in [-0.4, -0.2) is 28.8 Å². The molecule has 1 unspecified atom stereocenters. The summed E-state index contributed by atoms with van der Waals surface area (Å²) in [7, 11) is 0. The van der Waals surface area contributed by atoms with Crippen molar-refractivity contribution in [2.45, 2.75) is 57.9 Å². The first-order chi connectivity index (χ1) is 9.56. The zero-order chi connectivity index (χ0) is 14.8. The summed E-state index contributed by atoms with van der Waals surface area (Å²) >= 11 is 0. The number of barbiturate groups is 1. The molecule has 108 valence electrons. The molecule has 1 N–H and O–H groups in total. The molecule has 2 rings (SSSR count). The SMILES string of the molecule is C#CC(CC)N1C(=O)NC(=O)C2(CCCCCC2)C1=O. The highest BCUT2D eigenvalue weighted by Crippen LogP contribution is 2.39. The van der Waals surface area contributed by atoms with Gasteiger partial charge in [-0.3, -0.25) is 14.9 Å². The fourth-order valence-electron chi connectivity index (χ4n) is 3.13. The van der Waals surface area contributed by atoms with Crippen LogP contribution in [0, 0.1) is 17.8 Å². The van der Waals surface area contributed by atoms with Gasteiger partial charge in [0.15, 0.2) is 0 Å². The Kier molecular flexibility index (Phi) is 4.12. The molecule has 0 aromatic rings. The van der Waals surface area contributed by atoms with Crippen LogP contribution in [0.5, 0.6) is 0 Å². The van der Waals surface area contributed by atoms with Crippen LogP contribution in [-0.2, 0) is 9.59 Å². The molecule has 1 heterocycles. The van der Waals surface area contributed by atoms with Crippen LogP contribution in [0.15, 0.2) is 0 Å². The molecule has 1 saturated heterocycles. The highest BCUT2D eigenvalue weighted by atomic mass is 16.2. The van der Waals surface area contributed by atoms with E-state index in [4.69, 9.17) is 6.42 Å². The molecular formula is C15H20N2O3. The summed E-state index contributed by atoms with van der Waals surface area (Å²) < 4.78 is 0. The molecule has 0 bridgehead atoms. The Balaban J connectivity index is 2.37. The molecule has 1 aliphatic carbocycles. The molecular weight excluding hydrogens is 256 g/mol. The second-order valence-corrected chi connectivity index (χ2v) is 5.52. The quantitative estimate of drug-likeness (QED) is 0.618. The predicted molar refractivity (Wildman–Crippen MR) is 73.4 cm³/mol. The van der Waals surface area contributed by atoms with Crippen LogP contribution < -0.4 is 5.32 Å². The van der Waals surface area contributed by atoms with E-state index in [2.05, 4.69) is 11.2 Å². The van der Waals surface area contributed by atoms with Crippen molar-refractivity contribution in [1.82, 2.24) is 10.2 Å². The van der Waals surface area contributed by atoms with Crippen LogP contribution >= 0.6 is 0 Å². The Bertz CT molecular complexity index is 470. The van der Waals surface area contributed by atoms with Crippen molar-refractivity contribution in [2.24, 2.45) is 5.41 Å². The van der Waals surface area contributed by atoms with Gasteiger partial charge in [0.2, 0.25) is 11.8 Å². The Morgan fingerprint density at radius 1 is 1.25 bits per heavy atom. The average Bonchev–Trinajstić information content (AvgIpc) is 2.68. The molecule has 2 aliphatic rings. The lowest BCUT2D eigenvalue weighted by atomic mass is 9.76. The maximum absolute atomic E-state index is 12.8. The number of nitrogens with one attached hydrogen (secondary N) is 1. The van der Waals surface area contributed by atoms with Gasteiger partial charge in [-0.1, -0.05) is 38.5 Å². The van der Waals surface area contributed by atoms with Gasteiger partial charge >= 0.3 is 6.03 Å². The van der Waals surface area contributed by atoms with E-state index in [0.29, 0.717) is 19.3 Å². The van der Waals surface area contributed by atoms with E-state index in [-0.39, 0.29) is 0 Å². The lowest BCUT2D eigenvalue weighted by molar-refractivity contribution is -0.153. The number of hydrogen-bond donors (Lipinski definition) is 1. The van der Waals surface area contributed by atoms with Gasteiger partial charge < -0.3 is 0 Å². The van der Waals surface area contributed by atoms with Crippen LogP contribution in [0.2, 0.25) is 0 Å². The molecule has 1 saturated carbocycles. The second-order valence-electron chi connectivity index (χ2n) is 5.52. The molecule has 1 spiro atoms. The zero-order valence-electron chi connectivity index (χ0n) is 11.8. The number of carbonyl (C=O) groups excluding carboxylic acids is 3. The summed E-state index contributed by atoms with van der Waals surface area (Å²) in [5, 5.41) is 2.33. The predicted octanol–water partition coefficient (Wildman–Crippen LogP) is 1.82. The van der Waals surface area contributed by atoms with Crippen molar-refractivity contribution < 1.29 is 14.4 Å². The minimum atomic E-state index is -1.09. The number of urea groups is 1. The van der Waals surface area contributed by atoms with Gasteiger partial charge in [0, 0.05) is 0 Å². The third-order valence-corrected chi connectivity index (χ3v) is 4.35. The first-order valence-corrected chi connectivity index (χ1v) is 7.22. The number of amides is 4. The molecule has 5 heteroatoms. The van der Waals surface area contributed by atoms with Crippen LogP contribution in [0.3, 0.4) is 0 Å². The van der Waals surface area contributed by atoms with E-state index < -0.39 is 29.3 Å². The fraction of sp³-hybridized carbons (Fsp3) is 0.667. The topological polar surface area (TPSA) is 66.5 Å². The van der Waals surface area contributed by atoms with E-state index in [1.54, 1.807) is 0 Å². The molecule has 0 aromatic carbocycles. The summed E-state index contributed by atoms with van der Waals surface area (Å²) in [5.41, 5.74) is -1.09. The monoisotopic (exact) mass is 276 g/mol. The van der Waals surface area contributed by atoms with Crippen molar-refractivity contribution in [1.29, 1.82) is 0 Å². The Morgan fingerprint density at radius 2 is 1.85 bits per heavy atom. The van der Waals surface area contributed by atoms with E-state index >= 15 is 0 Å². The summed E-state index contributed by atoms with van der Waals surface area (Å²) in [6.07, 6.45) is 10.6. The van der Waals surface area contributed by atoms with E-state index in [0.717, 1.165) is 30.6 Å². The first-order valence-electron chi connectivity index (χ1n) is 7.22. The minimum absolute atomic E-state index is 0.405. The number of nitrogens with zero attached hydrogens (tertiary/aromatic N) is 1. The first kappa shape index (κ1) is 14.6. The molecule has 0 radical (unpaired) electrons. The Hall–Kier alpha value is -1.83. The van der Waals surface area contributed by atoms with Crippen molar-refractivity contribution in [3.05, 3.63) is 0 Å². The third-order valence-electron chi connectivity index (χ3n) is 4.35. The summed E-state index contributed by atoms with van der Waals surface area (Å²) in [6, 6.07) is -1.27. The highest BCUT2D eigenvalue weighted by Gasteiger charge is 2.54. The number of carbonyl (C=O) groups is 3. The lowest BCUT2D eigenvalue weighted by Gasteiger charge is -2.40. The maximum Gasteiger partial charge on any atom is 0.331 e. The summed E-state index contributed by atoms with van der Waals surface area (Å²) in [4.78, 5) is 38.1. The highest BCUT2D eigenvalue weighted by molar-refractivity contribution is 6.19. The van der Waals surface area contributed by atoms with Crippen LogP contribution in [0.4, 0.5) is 4.79 Å².